The van der Waals surface area contributed by atoms with Gasteiger partial charge in [-0.25, -0.2) is 0 Å². The molecule has 4 rings (SSSR count). The summed E-state index contributed by atoms with van der Waals surface area (Å²) in [7, 11) is 3.04. The van der Waals surface area contributed by atoms with Crippen molar-refractivity contribution < 1.29 is 28.9 Å². The molecule has 1 atom stereocenters. The van der Waals surface area contributed by atoms with E-state index in [1.165, 1.54) is 19.1 Å². The topological polar surface area (TPSA) is 98.2 Å². The van der Waals surface area contributed by atoms with Gasteiger partial charge in [-0.3, -0.25) is 14.6 Å². The molecule has 1 aliphatic rings. The Hall–Kier alpha value is -4.33. The first-order valence-corrected chi connectivity index (χ1v) is 11.6. The highest BCUT2D eigenvalue weighted by atomic mass is 16.5. The van der Waals surface area contributed by atoms with Crippen molar-refractivity contribution in [1.82, 2.24) is 9.88 Å². The first-order chi connectivity index (χ1) is 17.5. The molecule has 1 N–H and O–H groups in total. The number of carbonyl (C=O) groups excluding carboxylic acids is 2. The van der Waals surface area contributed by atoms with E-state index in [0.717, 1.165) is 12.0 Å². The van der Waals surface area contributed by atoms with Crippen molar-refractivity contribution in [2.45, 2.75) is 25.9 Å². The van der Waals surface area contributed by atoms with Crippen LogP contribution in [0, 0.1) is 0 Å². The van der Waals surface area contributed by atoms with Crippen LogP contribution in [0.25, 0.3) is 5.76 Å². The zero-order chi connectivity index (χ0) is 25.7. The molecule has 0 saturated carbocycles. The van der Waals surface area contributed by atoms with Crippen molar-refractivity contribution in [1.29, 1.82) is 0 Å². The minimum absolute atomic E-state index is 0.0189. The van der Waals surface area contributed by atoms with Gasteiger partial charge in [-0.1, -0.05) is 13.0 Å². The summed E-state index contributed by atoms with van der Waals surface area (Å²) in [5, 5.41) is 11.3. The highest BCUT2D eigenvalue weighted by Gasteiger charge is 2.47. The molecule has 186 valence electrons. The van der Waals surface area contributed by atoms with Gasteiger partial charge in [0, 0.05) is 36.1 Å². The van der Waals surface area contributed by atoms with Crippen LogP contribution >= 0.6 is 0 Å². The van der Waals surface area contributed by atoms with E-state index in [9.17, 15) is 14.7 Å². The van der Waals surface area contributed by atoms with Crippen molar-refractivity contribution in [2.75, 3.05) is 20.8 Å². The van der Waals surface area contributed by atoms with E-state index >= 15 is 0 Å². The smallest absolute Gasteiger partial charge is 0.295 e. The number of aromatic nitrogens is 1. The maximum Gasteiger partial charge on any atom is 0.295 e. The number of ether oxygens (including phenoxy) is 3. The number of rotatable bonds is 9. The molecule has 2 aromatic carbocycles. The molecule has 8 heteroatoms. The van der Waals surface area contributed by atoms with Crippen LogP contribution < -0.4 is 14.2 Å². The molecule has 1 aromatic heterocycles. The van der Waals surface area contributed by atoms with Crippen LogP contribution in [0.4, 0.5) is 0 Å². The number of amides is 1. The quantitative estimate of drug-likeness (QED) is 0.269. The Morgan fingerprint density at radius 3 is 2.42 bits per heavy atom. The highest BCUT2D eigenvalue weighted by Crippen LogP contribution is 2.44. The summed E-state index contributed by atoms with van der Waals surface area (Å²) in [4.78, 5) is 32.1. The monoisotopic (exact) mass is 488 g/mol. The number of hydrogen-bond donors (Lipinski definition) is 1. The first-order valence-electron chi connectivity index (χ1n) is 11.6. The lowest BCUT2D eigenvalue weighted by Gasteiger charge is -2.26. The van der Waals surface area contributed by atoms with Gasteiger partial charge in [0.05, 0.1) is 32.4 Å². The average Bonchev–Trinajstić information content (AvgIpc) is 3.16. The van der Waals surface area contributed by atoms with Gasteiger partial charge in [0.2, 0.25) is 0 Å². The molecule has 1 fully saturated rings. The van der Waals surface area contributed by atoms with Crippen LogP contribution in [0.1, 0.15) is 36.1 Å². The van der Waals surface area contributed by atoms with Crippen LogP contribution in [-0.2, 0) is 16.1 Å². The third-order valence-corrected chi connectivity index (χ3v) is 5.95. The molecule has 36 heavy (non-hydrogen) atoms. The second kappa shape index (κ2) is 10.9. The van der Waals surface area contributed by atoms with Gasteiger partial charge in [-0.15, -0.1) is 0 Å². The number of likely N-dealkylation sites (tertiary alicyclic amines) is 1. The Bertz CT molecular complexity index is 1270. The fourth-order valence-corrected chi connectivity index (χ4v) is 4.18. The predicted octanol–water partition coefficient (Wildman–Crippen LogP) is 4.51. The zero-order valence-corrected chi connectivity index (χ0v) is 20.4. The Morgan fingerprint density at radius 1 is 1.03 bits per heavy atom. The standard InChI is InChI=1S/C28H28N2O6/c1-4-14-36-20-9-7-19(8-10-20)26(31)24-25(22-12-11-21(34-2)15-23(22)35-3)30(28(33)27(24)32)17-18-6-5-13-29-16-18/h5-13,15-16,25,31H,4,14,17H2,1-3H3/t25-/m0/s1. The van der Waals surface area contributed by atoms with Gasteiger partial charge >= 0.3 is 0 Å². The largest absolute Gasteiger partial charge is 0.507 e. The van der Waals surface area contributed by atoms with Gasteiger partial charge in [0.15, 0.2) is 0 Å². The molecule has 0 spiro atoms. The summed E-state index contributed by atoms with van der Waals surface area (Å²) in [6.45, 7) is 2.71. The van der Waals surface area contributed by atoms with Crippen LogP contribution in [0.5, 0.6) is 17.2 Å². The zero-order valence-electron chi connectivity index (χ0n) is 20.4. The number of carbonyl (C=O) groups is 2. The van der Waals surface area contributed by atoms with Crippen molar-refractivity contribution in [3.8, 4) is 17.2 Å². The lowest BCUT2D eigenvalue weighted by Crippen LogP contribution is -2.29. The average molecular weight is 489 g/mol. The maximum atomic E-state index is 13.3. The van der Waals surface area contributed by atoms with Crippen LogP contribution in [0.2, 0.25) is 0 Å². The molecule has 0 unspecified atom stereocenters. The van der Waals surface area contributed by atoms with Gasteiger partial charge in [-0.05, 0) is 54.4 Å². The maximum absolute atomic E-state index is 13.3. The minimum atomic E-state index is -0.887. The van der Waals surface area contributed by atoms with E-state index in [2.05, 4.69) is 4.98 Å². The van der Waals surface area contributed by atoms with Crippen molar-refractivity contribution in [3.63, 3.8) is 0 Å². The van der Waals surface area contributed by atoms with Gasteiger partial charge in [0.25, 0.3) is 11.7 Å². The number of nitrogens with zero attached hydrogens (tertiary/aromatic N) is 2. The fourth-order valence-electron chi connectivity index (χ4n) is 4.18. The van der Waals surface area contributed by atoms with E-state index in [1.807, 2.05) is 13.0 Å². The van der Waals surface area contributed by atoms with Crippen molar-refractivity contribution in [3.05, 3.63) is 89.3 Å². The SMILES string of the molecule is CCCOc1ccc(C(O)=C2C(=O)C(=O)N(Cc3cccnc3)[C@H]2c2ccc(OC)cc2OC)cc1. The predicted molar refractivity (Wildman–Crippen MR) is 134 cm³/mol. The van der Waals surface area contributed by atoms with Gasteiger partial charge in [-0.2, -0.15) is 0 Å². The molecule has 1 aliphatic heterocycles. The molecular formula is C28H28N2O6. The third kappa shape index (κ3) is 4.88. The molecule has 1 amide bonds. The van der Waals surface area contributed by atoms with Crippen molar-refractivity contribution in [2.24, 2.45) is 0 Å². The normalized spacial score (nSPS) is 16.8. The number of methoxy groups -OCH3 is 2. The number of pyridine rings is 1. The van der Waals surface area contributed by atoms with E-state index < -0.39 is 17.7 Å². The van der Waals surface area contributed by atoms with E-state index in [-0.39, 0.29) is 17.9 Å². The lowest BCUT2D eigenvalue weighted by molar-refractivity contribution is -0.140. The van der Waals surface area contributed by atoms with E-state index in [4.69, 9.17) is 14.2 Å². The molecule has 2 heterocycles. The molecule has 8 nitrogen and oxygen atoms in total. The number of aliphatic hydroxyl groups excluding tert-OH is 1. The summed E-state index contributed by atoms with van der Waals surface area (Å²) < 4.78 is 16.5. The summed E-state index contributed by atoms with van der Waals surface area (Å²) in [6, 6.07) is 14.6. The summed E-state index contributed by atoms with van der Waals surface area (Å²) in [5.74, 6) is -0.128. The van der Waals surface area contributed by atoms with Crippen LogP contribution in [0.15, 0.2) is 72.6 Å². The van der Waals surface area contributed by atoms with E-state index in [1.54, 1.807) is 60.9 Å². The van der Waals surface area contributed by atoms with Crippen LogP contribution in [-0.4, -0.2) is 47.5 Å². The lowest BCUT2D eigenvalue weighted by atomic mass is 9.94. The molecular weight excluding hydrogens is 460 g/mol. The number of aliphatic hydroxyl groups is 1. The Labute approximate surface area is 209 Å². The molecule has 0 radical (unpaired) electrons. The highest BCUT2D eigenvalue weighted by molar-refractivity contribution is 6.46. The summed E-state index contributed by atoms with van der Waals surface area (Å²) in [6.07, 6.45) is 4.14. The second-order valence-electron chi connectivity index (χ2n) is 8.27. The second-order valence-corrected chi connectivity index (χ2v) is 8.27. The Balaban J connectivity index is 1.84. The van der Waals surface area contributed by atoms with Crippen LogP contribution in [0.3, 0.4) is 0 Å². The molecule has 0 aliphatic carbocycles. The fraction of sp³-hybridized carbons (Fsp3) is 0.250. The van der Waals surface area contributed by atoms with E-state index in [0.29, 0.717) is 35.0 Å². The minimum Gasteiger partial charge on any atom is -0.507 e. The Kier molecular flexibility index (Phi) is 7.53. The number of hydrogen-bond acceptors (Lipinski definition) is 7. The number of benzene rings is 2. The molecule has 1 saturated heterocycles. The third-order valence-electron chi connectivity index (χ3n) is 5.95. The molecule has 3 aromatic rings. The van der Waals surface area contributed by atoms with Gasteiger partial charge in [0.1, 0.15) is 23.0 Å². The molecule has 0 bridgehead atoms. The summed E-state index contributed by atoms with van der Waals surface area (Å²) in [5.41, 5.74) is 1.67. The number of ketones is 1. The van der Waals surface area contributed by atoms with Gasteiger partial charge < -0.3 is 24.2 Å². The van der Waals surface area contributed by atoms with Crippen molar-refractivity contribution >= 4 is 17.4 Å². The summed E-state index contributed by atoms with van der Waals surface area (Å²) >= 11 is 0. The number of Topliss-reactive ketones (excluding diaryl/α,β-unsaturated/α-hetero) is 1. The Morgan fingerprint density at radius 2 is 1.78 bits per heavy atom. The first kappa shape index (κ1) is 24.8.